The monoisotopic (exact) mass is 1370 g/mol. The number of allylic oxidation sites excluding steroid dienone is 26. The highest BCUT2D eigenvalue weighted by molar-refractivity contribution is 7.47. The summed E-state index contributed by atoms with van der Waals surface area (Å²) in [5.41, 5.74) is 0. The third-order valence-corrected chi connectivity index (χ3v) is 16.1. The van der Waals surface area contributed by atoms with Crippen molar-refractivity contribution in [3.05, 3.63) is 158 Å². The molecule has 95 heavy (non-hydrogen) atoms. The predicted molar refractivity (Wildman–Crippen MR) is 389 cm³/mol. The molecule has 5 unspecified atom stereocenters. The number of carbonyl (C=O) groups is 3. The number of ether oxygens (including phenoxy) is 3. The molecule has 0 amide bonds. The van der Waals surface area contributed by atoms with Crippen LogP contribution in [0.2, 0.25) is 0 Å². The third kappa shape index (κ3) is 70.3. The number of unbranched alkanes of at least 4 members (excludes halogenated alkanes) is 17. The quantitative estimate of drug-likeness (QED) is 0.0146. The van der Waals surface area contributed by atoms with Crippen molar-refractivity contribution < 1.29 is 75.8 Å². The molecule has 540 valence electrons. The van der Waals surface area contributed by atoms with Gasteiger partial charge in [0.05, 0.1) is 26.4 Å². The smallest absolute Gasteiger partial charge is 0.463 e. The Balaban J connectivity index is 4.69. The maximum Gasteiger partial charge on any atom is 0.472 e. The van der Waals surface area contributed by atoms with Gasteiger partial charge < -0.3 is 34.2 Å². The van der Waals surface area contributed by atoms with Gasteiger partial charge in [-0.25, -0.2) is 9.13 Å². The molecule has 18 heteroatoms. The third-order valence-electron chi connectivity index (χ3n) is 14.2. The van der Waals surface area contributed by atoms with E-state index in [1.807, 2.05) is 0 Å². The zero-order valence-electron chi connectivity index (χ0n) is 58.5. The second-order valence-corrected chi connectivity index (χ2v) is 26.2. The first kappa shape index (κ1) is 90.2. The summed E-state index contributed by atoms with van der Waals surface area (Å²) < 4.78 is 60.9. The number of hydrogen-bond acceptors (Lipinski definition) is 14. The van der Waals surface area contributed by atoms with E-state index in [-0.39, 0.29) is 19.3 Å². The van der Waals surface area contributed by atoms with Gasteiger partial charge in [0.25, 0.3) is 0 Å². The van der Waals surface area contributed by atoms with Crippen molar-refractivity contribution in [1.29, 1.82) is 0 Å². The second-order valence-electron chi connectivity index (χ2n) is 23.3. The minimum absolute atomic E-state index is 0.0825. The Hall–Kier alpha value is -4.83. The minimum atomic E-state index is -4.94. The average molecular weight is 1370 g/mol. The van der Waals surface area contributed by atoms with Crippen LogP contribution in [0, 0.1) is 0 Å². The molecular formula is C77H126O16P2. The molecule has 0 bridgehead atoms. The summed E-state index contributed by atoms with van der Waals surface area (Å²) in [6, 6.07) is 0. The minimum Gasteiger partial charge on any atom is -0.463 e. The van der Waals surface area contributed by atoms with Crippen LogP contribution in [0.4, 0.5) is 0 Å². The van der Waals surface area contributed by atoms with Crippen LogP contribution in [-0.2, 0) is 55.8 Å². The molecule has 0 aromatic carbocycles. The first-order valence-electron chi connectivity index (χ1n) is 35.8. The van der Waals surface area contributed by atoms with Gasteiger partial charge in [0, 0.05) is 19.3 Å². The van der Waals surface area contributed by atoms with Crippen LogP contribution in [0.25, 0.3) is 0 Å². The number of aliphatic hydroxyl groups is 2. The van der Waals surface area contributed by atoms with E-state index in [0.717, 1.165) is 167 Å². The van der Waals surface area contributed by atoms with Gasteiger partial charge in [0.2, 0.25) is 0 Å². The molecule has 5 atom stereocenters. The SMILES string of the molecule is CC/C=C\C/C=C\C/C=C\C/C=C\C/C=C\C/C=C\CCCCCCC(=O)OCC(O)COP(=O)(O)OCC(O)COP(=O)(O)OCC(COC(=O)CCCCCC/C=C\C/C=C\C/C=C\C/C=C\C/C=C\C/C=C\CC)OC(=O)CCCCCCC/C=C\CCCCCC. The van der Waals surface area contributed by atoms with Crippen molar-refractivity contribution in [3.63, 3.8) is 0 Å². The van der Waals surface area contributed by atoms with Crippen molar-refractivity contribution in [1.82, 2.24) is 0 Å². The fourth-order valence-corrected chi connectivity index (χ4v) is 10.4. The van der Waals surface area contributed by atoms with Gasteiger partial charge in [0.1, 0.15) is 25.4 Å². The molecule has 0 rings (SSSR count). The molecule has 4 N–H and O–H groups in total. The van der Waals surface area contributed by atoms with Gasteiger partial charge >= 0.3 is 33.6 Å². The molecule has 0 aliphatic heterocycles. The van der Waals surface area contributed by atoms with Crippen molar-refractivity contribution in [2.75, 3.05) is 39.6 Å². The molecule has 0 radical (unpaired) electrons. The van der Waals surface area contributed by atoms with Gasteiger partial charge in [-0.15, -0.1) is 0 Å². The summed E-state index contributed by atoms with van der Waals surface area (Å²) in [4.78, 5) is 58.4. The van der Waals surface area contributed by atoms with Crippen LogP contribution in [0.3, 0.4) is 0 Å². The van der Waals surface area contributed by atoms with Crippen LogP contribution >= 0.6 is 15.6 Å². The Labute approximate surface area is 574 Å². The van der Waals surface area contributed by atoms with Crippen LogP contribution in [-0.4, -0.2) is 95.9 Å². The Bertz CT molecular complexity index is 2360. The Kier molecular flexibility index (Phi) is 65.6. The van der Waals surface area contributed by atoms with E-state index in [9.17, 15) is 43.5 Å². The average Bonchev–Trinajstić information content (AvgIpc) is 1.91. The largest absolute Gasteiger partial charge is 0.472 e. The zero-order chi connectivity index (χ0) is 69.5. The van der Waals surface area contributed by atoms with E-state index in [1.165, 1.54) is 25.7 Å². The number of aliphatic hydroxyl groups excluding tert-OH is 2. The maximum atomic E-state index is 12.9. The van der Waals surface area contributed by atoms with Crippen LogP contribution in [0.15, 0.2) is 158 Å². The van der Waals surface area contributed by atoms with Gasteiger partial charge in [-0.05, 0) is 148 Å². The highest BCUT2D eigenvalue weighted by Gasteiger charge is 2.29. The summed E-state index contributed by atoms with van der Waals surface area (Å²) in [6.45, 7) is 2.33. The van der Waals surface area contributed by atoms with Crippen molar-refractivity contribution in [3.8, 4) is 0 Å². The maximum absolute atomic E-state index is 12.9. The summed E-state index contributed by atoms with van der Waals surface area (Å²) in [5.74, 6) is -1.65. The molecule has 0 saturated heterocycles. The molecule has 0 fully saturated rings. The lowest BCUT2D eigenvalue weighted by Gasteiger charge is -2.21. The summed E-state index contributed by atoms with van der Waals surface area (Å²) in [7, 11) is -9.81. The first-order chi connectivity index (χ1) is 46.2. The second kappa shape index (κ2) is 69.1. The standard InChI is InChI=1S/C77H126O16P2/c1-4-7-10-13-16-19-22-25-27-29-31-33-35-37-39-41-43-46-48-51-54-57-60-63-75(80)87-66-72(78)67-89-94(83,84)90-68-73(79)69-91-95(85,86)92-71-74(93-77(82)65-62-59-56-53-50-45-24-21-18-15-12-9-6-3)70-88-76(81)64-61-58-55-52-49-47-44-42-40-38-36-34-32-30-28-26-23-20-17-14-11-8-5-2/h7-8,10-11,16-17,19-21,24-28,31-34,37-40,43-44,46-47,72-74,78-79H,4-6,9,12-15,18,22-23,29-30,35-36,41-42,45,48-71H2,1-3H3,(H,83,84)(H,85,86)/b10-7-,11-8-,19-16-,20-17-,24-21-,27-25-,28-26-,33-31-,34-32-,39-37-,40-38-,46-43-,47-44-. The lowest BCUT2D eigenvalue weighted by atomic mass is 10.1. The summed E-state index contributed by atoms with van der Waals surface area (Å²) in [6.07, 6.45) is 84.3. The van der Waals surface area contributed by atoms with Crippen LogP contribution in [0.1, 0.15) is 252 Å². The molecule has 0 aliphatic carbocycles. The van der Waals surface area contributed by atoms with Crippen molar-refractivity contribution >= 4 is 33.6 Å². The topological polar surface area (TPSA) is 231 Å². The van der Waals surface area contributed by atoms with Gasteiger partial charge in [0.15, 0.2) is 6.10 Å². The van der Waals surface area contributed by atoms with E-state index in [4.69, 9.17) is 32.3 Å². The number of rotatable bonds is 66. The van der Waals surface area contributed by atoms with Gasteiger partial charge in [-0.3, -0.25) is 32.5 Å². The lowest BCUT2D eigenvalue weighted by Crippen LogP contribution is -2.30. The molecule has 0 spiro atoms. The summed E-state index contributed by atoms with van der Waals surface area (Å²) >= 11 is 0. The molecular weight excluding hydrogens is 1240 g/mol. The van der Waals surface area contributed by atoms with E-state index in [2.05, 4.69) is 179 Å². The van der Waals surface area contributed by atoms with E-state index >= 15 is 0 Å². The Morgan fingerprint density at radius 3 is 0.895 bits per heavy atom. The summed E-state index contributed by atoms with van der Waals surface area (Å²) in [5, 5.41) is 20.6. The zero-order valence-corrected chi connectivity index (χ0v) is 60.3. The van der Waals surface area contributed by atoms with E-state index < -0.39 is 91.5 Å². The van der Waals surface area contributed by atoms with E-state index in [1.54, 1.807) is 0 Å². The lowest BCUT2D eigenvalue weighted by molar-refractivity contribution is -0.161. The molecule has 0 aromatic rings. The van der Waals surface area contributed by atoms with Gasteiger partial charge in [-0.1, -0.05) is 243 Å². The molecule has 0 heterocycles. The van der Waals surface area contributed by atoms with Crippen LogP contribution < -0.4 is 0 Å². The number of hydrogen-bond donors (Lipinski definition) is 4. The highest BCUT2D eigenvalue weighted by atomic mass is 31.2. The fraction of sp³-hybridized carbons (Fsp3) is 0.623. The molecule has 16 nitrogen and oxygen atoms in total. The van der Waals surface area contributed by atoms with Gasteiger partial charge in [-0.2, -0.15) is 0 Å². The molecule has 0 aliphatic rings. The fourth-order valence-electron chi connectivity index (χ4n) is 8.81. The number of phosphoric ester groups is 2. The molecule has 0 saturated carbocycles. The number of carbonyl (C=O) groups excluding carboxylic acids is 3. The highest BCUT2D eigenvalue weighted by Crippen LogP contribution is 2.45. The first-order valence-corrected chi connectivity index (χ1v) is 38.8. The normalized spacial score (nSPS) is 15.1. The number of phosphoric acid groups is 2. The van der Waals surface area contributed by atoms with E-state index in [0.29, 0.717) is 19.3 Å². The Morgan fingerprint density at radius 1 is 0.305 bits per heavy atom. The number of esters is 3. The van der Waals surface area contributed by atoms with Crippen LogP contribution in [0.5, 0.6) is 0 Å². The molecule has 0 aromatic heterocycles. The van der Waals surface area contributed by atoms with Crippen molar-refractivity contribution in [2.24, 2.45) is 0 Å². The van der Waals surface area contributed by atoms with Crippen molar-refractivity contribution in [2.45, 2.75) is 270 Å². The Morgan fingerprint density at radius 2 is 0.558 bits per heavy atom. The predicted octanol–water partition coefficient (Wildman–Crippen LogP) is 20.3.